The largest absolute Gasteiger partial charge is 0.274 e. The van der Waals surface area contributed by atoms with Gasteiger partial charge in [0.15, 0.2) is 0 Å². The highest BCUT2D eigenvalue weighted by Crippen LogP contribution is 2.63. The predicted molar refractivity (Wildman–Crippen MR) is 147 cm³/mol. The van der Waals surface area contributed by atoms with Crippen molar-refractivity contribution in [2.24, 2.45) is 16.9 Å². The molecule has 8 rings (SSSR count). The van der Waals surface area contributed by atoms with Crippen LogP contribution in [0.3, 0.4) is 0 Å². The van der Waals surface area contributed by atoms with Crippen LogP contribution in [-0.4, -0.2) is 28.9 Å². The molecular weight excluding hydrogens is 512 g/mol. The number of pyridine rings is 1. The third kappa shape index (κ3) is 3.20. The highest BCUT2D eigenvalue weighted by molar-refractivity contribution is 6.36. The van der Waals surface area contributed by atoms with Gasteiger partial charge >= 0.3 is 0 Å². The summed E-state index contributed by atoms with van der Waals surface area (Å²) in [7, 11) is 0. The van der Waals surface area contributed by atoms with Crippen LogP contribution in [0.5, 0.6) is 0 Å². The Balaban J connectivity index is 1.43. The summed E-state index contributed by atoms with van der Waals surface area (Å²) < 4.78 is 0. The van der Waals surface area contributed by atoms with Crippen molar-refractivity contribution in [3.8, 4) is 0 Å². The van der Waals surface area contributed by atoms with Gasteiger partial charge in [-0.15, -0.1) is 0 Å². The van der Waals surface area contributed by atoms with E-state index >= 15 is 0 Å². The molecule has 8 heteroatoms. The van der Waals surface area contributed by atoms with Gasteiger partial charge in [-0.2, -0.15) is 5.10 Å². The molecule has 190 valence electrons. The van der Waals surface area contributed by atoms with Gasteiger partial charge in [0.25, 0.3) is 5.91 Å². The number of amides is 3. The van der Waals surface area contributed by atoms with Crippen LogP contribution in [0.2, 0.25) is 5.02 Å². The van der Waals surface area contributed by atoms with Crippen molar-refractivity contribution in [1.29, 1.82) is 0 Å². The first-order valence-corrected chi connectivity index (χ1v) is 13.0. The quantitative estimate of drug-likeness (QED) is 0.234. The summed E-state index contributed by atoms with van der Waals surface area (Å²) in [5, 5.41) is 4.74. The summed E-state index contributed by atoms with van der Waals surface area (Å²) in [6.45, 7) is 0. The van der Waals surface area contributed by atoms with E-state index in [1.807, 2.05) is 48.5 Å². The van der Waals surface area contributed by atoms with E-state index in [1.54, 1.807) is 48.8 Å². The Kier molecular flexibility index (Phi) is 5.25. The second-order valence-electron chi connectivity index (χ2n) is 9.93. The van der Waals surface area contributed by atoms with Crippen LogP contribution in [0.4, 0.5) is 5.69 Å². The zero-order chi connectivity index (χ0) is 26.7. The number of imide groups is 1. The number of benzene rings is 3. The third-order valence-corrected chi connectivity index (χ3v) is 8.45. The number of hydrogen-bond donors (Lipinski definition) is 1. The molecule has 0 radical (unpaired) electrons. The van der Waals surface area contributed by atoms with Crippen molar-refractivity contribution in [2.45, 2.75) is 11.3 Å². The highest BCUT2D eigenvalue weighted by atomic mass is 35.5. The maximum atomic E-state index is 14.3. The van der Waals surface area contributed by atoms with E-state index in [-0.39, 0.29) is 17.7 Å². The predicted octanol–water partition coefficient (Wildman–Crippen LogP) is 4.70. The Morgan fingerprint density at radius 3 is 2.23 bits per heavy atom. The first-order valence-electron chi connectivity index (χ1n) is 12.6. The third-order valence-electron chi connectivity index (χ3n) is 8.14. The Labute approximate surface area is 229 Å². The van der Waals surface area contributed by atoms with Gasteiger partial charge < -0.3 is 0 Å². The fourth-order valence-electron chi connectivity index (χ4n) is 6.67. The molecule has 7 nitrogen and oxygen atoms in total. The minimum atomic E-state index is -1.09. The molecule has 3 amide bonds. The minimum absolute atomic E-state index is 0.288. The lowest BCUT2D eigenvalue weighted by Gasteiger charge is -2.52. The molecule has 1 saturated heterocycles. The number of carbonyl (C=O) groups excluding carboxylic acids is 3. The molecule has 1 fully saturated rings. The zero-order valence-electron chi connectivity index (χ0n) is 20.5. The normalized spacial score (nSPS) is 24.4. The summed E-state index contributed by atoms with van der Waals surface area (Å²) >= 11 is 6.49. The number of hydrazone groups is 1. The molecule has 1 aromatic heterocycles. The fraction of sp³-hybridized carbons (Fsp3) is 0.129. The molecule has 1 aliphatic heterocycles. The van der Waals surface area contributed by atoms with Crippen molar-refractivity contribution in [1.82, 2.24) is 10.4 Å². The zero-order valence-corrected chi connectivity index (χ0v) is 21.2. The van der Waals surface area contributed by atoms with Crippen molar-refractivity contribution in [3.63, 3.8) is 0 Å². The van der Waals surface area contributed by atoms with E-state index in [9.17, 15) is 14.4 Å². The van der Waals surface area contributed by atoms with Crippen molar-refractivity contribution in [2.75, 3.05) is 4.90 Å². The van der Waals surface area contributed by atoms with E-state index in [1.165, 1.54) is 11.1 Å². The lowest BCUT2D eigenvalue weighted by molar-refractivity contribution is -0.122. The van der Waals surface area contributed by atoms with Crippen LogP contribution in [0.1, 0.15) is 38.5 Å². The van der Waals surface area contributed by atoms with Crippen LogP contribution < -0.4 is 10.3 Å². The second kappa shape index (κ2) is 8.71. The molecule has 2 bridgehead atoms. The van der Waals surface area contributed by atoms with Gasteiger partial charge in [-0.3, -0.25) is 19.4 Å². The average molecular weight is 533 g/mol. The van der Waals surface area contributed by atoms with Crippen LogP contribution in [0.25, 0.3) is 0 Å². The lowest BCUT2D eigenvalue weighted by Crippen LogP contribution is -2.54. The molecule has 4 aromatic rings. The summed E-state index contributed by atoms with van der Waals surface area (Å²) in [4.78, 5) is 46.5. The molecular formula is C31H21ClN4O3. The first kappa shape index (κ1) is 23.5. The molecule has 0 saturated carbocycles. The summed E-state index contributed by atoms with van der Waals surface area (Å²) in [6.07, 6.45) is 4.67. The number of halogens is 1. The van der Waals surface area contributed by atoms with Crippen LogP contribution >= 0.6 is 11.6 Å². The Hall–Kier alpha value is -4.62. The van der Waals surface area contributed by atoms with E-state index < -0.39 is 23.2 Å². The SMILES string of the molecule is O=C(N/N=C/C12c3ccccc3C(c3ccccc31)C1C(=O)N(c3ccccc3Cl)C(=O)C12)c1cccnc1. The molecule has 39 heavy (non-hydrogen) atoms. The molecule has 1 N–H and O–H groups in total. The number of carbonyl (C=O) groups is 3. The maximum Gasteiger partial charge on any atom is 0.272 e. The minimum Gasteiger partial charge on any atom is -0.274 e. The van der Waals surface area contributed by atoms with Gasteiger partial charge in [0, 0.05) is 24.5 Å². The summed E-state index contributed by atoms with van der Waals surface area (Å²) in [5.41, 5.74) is 5.99. The highest BCUT2D eigenvalue weighted by Gasteiger charge is 2.68. The lowest BCUT2D eigenvalue weighted by atomic mass is 9.47. The number of aromatic nitrogens is 1. The van der Waals surface area contributed by atoms with Gasteiger partial charge in [-0.05, 0) is 46.5 Å². The standard InChI is InChI=1S/C31H21ClN4O3/c32-23-13-5-6-14-24(23)36-29(38)26-25-19-9-1-3-11-21(19)31(27(26)30(36)39,22-12-4-2-10-20(22)25)17-34-35-28(37)18-8-7-15-33-16-18/h1-17,25-27H,(H,35,37)/b34-17+. The van der Waals surface area contributed by atoms with E-state index in [4.69, 9.17) is 11.6 Å². The van der Waals surface area contributed by atoms with E-state index in [0.29, 0.717) is 16.3 Å². The topological polar surface area (TPSA) is 91.7 Å². The molecule has 0 spiro atoms. The molecule has 2 heterocycles. The number of nitrogens with zero attached hydrogens (tertiary/aromatic N) is 3. The average Bonchev–Trinajstić information content (AvgIpc) is 3.24. The van der Waals surface area contributed by atoms with Crippen molar-refractivity contribution < 1.29 is 14.4 Å². The fourth-order valence-corrected chi connectivity index (χ4v) is 6.89. The van der Waals surface area contributed by atoms with E-state index in [0.717, 1.165) is 22.3 Å². The Bertz CT molecular complexity index is 1660. The number of hydrogen-bond acceptors (Lipinski definition) is 5. The van der Waals surface area contributed by atoms with Crippen LogP contribution in [0, 0.1) is 11.8 Å². The number of para-hydroxylation sites is 1. The molecule has 4 aliphatic rings. The molecule has 3 aromatic carbocycles. The monoisotopic (exact) mass is 532 g/mol. The number of nitrogens with one attached hydrogen (secondary N) is 1. The van der Waals surface area contributed by atoms with Gasteiger partial charge in [0.2, 0.25) is 11.8 Å². The van der Waals surface area contributed by atoms with E-state index in [2.05, 4.69) is 15.5 Å². The van der Waals surface area contributed by atoms with Crippen molar-refractivity contribution in [3.05, 3.63) is 130 Å². The smallest absolute Gasteiger partial charge is 0.272 e. The van der Waals surface area contributed by atoms with Crippen LogP contribution in [-0.2, 0) is 15.0 Å². The Morgan fingerprint density at radius 1 is 0.897 bits per heavy atom. The second-order valence-corrected chi connectivity index (χ2v) is 10.3. The maximum absolute atomic E-state index is 14.3. The molecule has 2 unspecified atom stereocenters. The van der Waals surface area contributed by atoms with Gasteiger partial charge in [0.05, 0.1) is 33.5 Å². The Morgan fingerprint density at radius 2 is 1.56 bits per heavy atom. The first-order chi connectivity index (χ1) is 19.0. The number of anilines is 1. The summed E-state index contributed by atoms with van der Waals surface area (Å²) in [6, 6.07) is 25.9. The van der Waals surface area contributed by atoms with Crippen LogP contribution in [0.15, 0.2) is 102 Å². The number of rotatable bonds is 4. The van der Waals surface area contributed by atoms with Crippen molar-refractivity contribution >= 4 is 41.2 Å². The van der Waals surface area contributed by atoms with Gasteiger partial charge in [-0.1, -0.05) is 72.3 Å². The molecule has 2 atom stereocenters. The molecule has 3 aliphatic carbocycles. The summed E-state index contributed by atoms with van der Waals surface area (Å²) in [5.74, 6) is -2.77. The van der Waals surface area contributed by atoms with Gasteiger partial charge in [-0.25, -0.2) is 10.3 Å². The van der Waals surface area contributed by atoms with Gasteiger partial charge in [0.1, 0.15) is 0 Å².